The number of thioether (sulfide) groups is 1. The Morgan fingerprint density at radius 1 is 1.64 bits per heavy atom. The van der Waals surface area contributed by atoms with E-state index in [0.717, 1.165) is 9.35 Å². The maximum absolute atomic E-state index is 10.2. The monoisotopic (exact) mass is 234 g/mol. The van der Waals surface area contributed by atoms with Crippen molar-refractivity contribution in [3.05, 3.63) is 5.01 Å². The Hall–Kier alpha value is -0.660. The average Bonchev–Trinajstić information content (AvgIpc) is 2.47. The van der Waals surface area contributed by atoms with E-state index >= 15 is 0 Å². The van der Waals surface area contributed by atoms with E-state index < -0.39 is 12.1 Å². The standard InChI is InChI=1S/C7H10N2O3S2/c1-4-8-9-7(14-4)13-3-5(10)2-6(11)12/h5,10H,2-3H2,1H3,(H,11,12). The van der Waals surface area contributed by atoms with Crippen LogP contribution in [0.3, 0.4) is 0 Å². The number of carbonyl (C=O) groups is 1. The number of aromatic nitrogens is 2. The van der Waals surface area contributed by atoms with Gasteiger partial charge in [-0.2, -0.15) is 0 Å². The molecule has 7 heteroatoms. The van der Waals surface area contributed by atoms with Gasteiger partial charge in [0, 0.05) is 5.75 Å². The molecular formula is C7H10N2O3S2. The summed E-state index contributed by atoms with van der Waals surface area (Å²) in [6.07, 6.45) is -1.06. The third kappa shape index (κ3) is 4.03. The summed E-state index contributed by atoms with van der Waals surface area (Å²) in [5, 5.41) is 26.1. The number of aliphatic carboxylic acids is 1. The van der Waals surface area contributed by atoms with Crippen LogP contribution in [0.4, 0.5) is 0 Å². The molecule has 1 heterocycles. The van der Waals surface area contributed by atoms with Gasteiger partial charge in [-0.25, -0.2) is 0 Å². The minimum atomic E-state index is -0.994. The first-order chi connectivity index (χ1) is 6.58. The number of hydrogen-bond donors (Lipinski definition) is 2. The van der Waals surface area contributed by atoms with Gasteiger partial charge >= 0.3 is 5.97 Å². The summed E-state index contributed by atoms with van der Waals surface area (Å²) in [5.74, 6) is -0.660. The normalized spacial score (nSPS) is 12.7. The molecule has 1 rings (SSSR count). The van der Waals surface area contributed by atoms with Crippen LogP contribution in [0.15, 0.2) is 4.34 Å². The highest BCUT2D eigenvalue weighted by Crippen LogP contribution is 2.22. The topological polar surface area (TPSA) is 83.3 Å². The van der Waals surface area contributed by atoms with Gasteiger partial charge in [-0.3, -0.25) is 4.79 Å². The van der Waals surface area contributed by atoms with Crippen molar-refractivity contribution in [1.29, 1.82) is 0 Å². The van der Waals surface area contributed by atoms with Gasteiger partial charge in [0.25, 0.3) is 0 Å². The van der Waals surface area contributed by atoms with E-state index in [2.05, 4.69) is 10.2 Å². The van der Waals surface area contributed by atoms with Crippen LogP contribution in [0.5, 0.6) is 0 Å². The molecule has 5 nitrogen and oxygen atoms in total. The Kier molecular flexibility index (Phi) is 4.30. The number of aliphatic hydroxyl groups is 1. The van der Waals surface area contributed by atoms with Crippen LogP contribution in [0.25, 0.3) is 0 Å². The van der Waals surface area contributed by atoms with Gasteiger partial charge in [0.15, 0.2) is 4.34 Å². The predicted octanol–water partition coefficient (Wildman–Crippen LogP) is 0.774. The summed E-state index contributed by atoms with van der Waals surface area (Å²) >= 11 is 2.75. The van der Waals surface area contributed by atoms with Gasteiger partial charge in [0.2, 0.25) is 0 Å². The lowest BCUT2D eigenvalue weighted by molar-refractivity contribution is -0.138. The van der Waals surface area contributed by atoms with Crippen molar-refractivity contribution in [2.45, 2.75) is 23.8 Å². The van der Waals surface area contributed by atoms with Crippen molar-refractivity contribution in [3.63, 3.8) is 0 Å². The molecule has 0 aliphatic rings. The first-order valence-corrected chi connectivity index (χ1v) is 5.71. The SMILES string of the molecule is Cc1nnc(SCC(O)CC(=O)O)s1. The molecule has 0 fully saturated rings. The summed E-state index contributed by atoms with van der Waals surface area (Å²) < 4.78 is 0.756. The van der Waals surface area contributed by atoms with Crippen LogP contribution >= 0.6 is 23.1 Å². The van der Waals surface area contributed by atoms with E-state index in [1.807, 2.05) is 6.92 Å². The summed E-state index contributed by atoms with van der Waals surface area (Å²) in [4.78, 5) is 10.2. The van der Waals surface area contributed by atoms with Crippen molar-refractivity contribution in [2.24, 2.45) is 0 Å². The van der Waals surface area contributed by atoms with E-state index in [9.17, 15) is 9.90 Å². The van der Waals surface area contributed by atoms with Gasteiger partial charge in [0.1, 0.15) is 5.01 Å². The van der Waals surface area contributed by atoms with E-state index in [-0.39, 0.29) is 6.42 Å². The molecule has 0 amide bonds. The van der Waals surface area contributed by atoms with Crippen molar-refractivity contribution < 1.29 is 15.0 Å². The fourth-order valence-corrected chi connectivity index (χ4v) is 2.53. The fraction of sp³-hybridized carbons (Fsp3) is 0.571. The highest BCUT2D eigenvalue weighted by atomic mass is 32.2. The second-order valence-corrected chi connectivity index (χ2v) is 5.10. The molecule has 1 aromatic rings. The number of carboxylic acid groups (broad SMARTS) is 1. The number of carboxylic acids is 1. The summed E-state index contributed by atoms with van der Waals surface area (Å²) in [7, 11) is 0. The second-order valence-electron chi connectivity index (χ2n) is 2.65. The number of nitrogens with zero attached hydrogens (tertiary/aromatic N) is 2. The summed E-state index contributed by atoms with van der Waals surface area (Å²) in [5.41, 5.74) is 0. The smallest absolute Gasteiger partial charge is 0.306 e. The lowest BCUT2D eigenvalue weighted by Gasteiger charge is -2.04. The highest BCUT2D eigenvalue weighted by molar-refractivity contribution is 8.01. The third-order valence-electron chi connectivity index (χ3n) is 1.32. The Labute approximate surface area is 89.2 Å². The second kappa shape index (κ2) is 5.28. The first-order valence-electron chi connectivity index (χ1n) is 3.90. The maximum atomic E-state index is 10.2. The van der Waals surface area contributed by atoms with Gasteiger partial charge in [-0.05, 0) is 6.92 Å². The lowest BCUT2D eigenvalue weighted by Crippen LogP contribution is -2.15. The maximum Gasteiger partial charge on any atom is 0.306 e. The van der Waals surface area contributed by atoms with Crippen LogP contribution in [-0.2, 0) is 4.79 Å². The van der Waals surface area contributed by atoms with Crippen LogP contribution in [0.1, 0.15) is 11.4 Å². The van der Waals surface area contributed by atoms with E-state index in [4.69, 9.17) is 5.11 Å². The summed E-state index contributed by atoms with van der Waals surface area (Å²) in [6, 6.07) is 0. The number of hydrogen-bond acceptors (Lipinski definition) is 6. The number of aliphatic hydroxyl groups excluding tert-OH is 1. The van der Waals surface area contributed by atoms with Gasteiger partial charge in [0.05, 0.1) is 12.5 Å². The zero-order chi connectivity index (χ0) is 10.6. The molecule has 0 saturated heterocycles. The molecule has 0 radical (unpaired) electrons. The minimum Gasteiger partial charge on any atom is -0.481 e. The van der Waals surface area contributed by atoms with Gasteiger partial charge in [-0.1, -0.05) is 23.1 Å². The minimum absolute atomic E-state index is 0.231. The molecule has 0 saturated carbocycles. The molecule has 1 unspecified atom stereocenters. The first kappa shape index (κ1) is 11.4. The van der Waals surface area contributed by atoms with E-state index in [0.29, 0.717) is 5.75 Å². The molecule has 2 N–H and O–H groups in total. The molecule has 0 aliphatic heterocycles. The molecule has 0 aromatic carbocycles. The number of aryl methyl sites for hydroxylation is 1. The van der Waals surface area contributed by atoms with Crippen molar-refractivity contribution >= 4 is 29.1 Å². The summed E-state index contributed by atoms with van der Waals surface area (Å²) in [6.45, 7) is 1.84. The predicted molar refractivity (Wildman–Crippen MR) is 53.6 cm³/mol. The molecule has 1 atom stereocenters. The molecule has 1 aromatic heterocycles. The highest BCUT2D eigenvalue weighted by Gasteiger charge is 2.11. The largest absolute Gasteiger partial charge is 0.481 e. The zero-order valence-corrected chi connectivity index (χ0v) is 9.14. The molecular weight excluding hydrogens is 224 g/mol. The Morgan fingerprint density at radius 3 is 2.86 bits per heavy atom. The van der Waals surface area contributed by atoms with Crippen LogP contribution < -0.4 is 0 Å². The van der Waals surface area contributed by atoms with Crippen molar-refractivity contribution in [1.82, 2.24) is 10.2 Å². The molecule has 14 heavy (non-hydrogen) atoms. The van der Waals surface area contributed by atoms with E-state index in [1.165, 1.54) is 23.1 Å². The number of rotatable bonds is 5. The van der Waals surface area contributed by atoms with E-state index in [1.54, 1.807) is 0 Å². The van der Waals surface area contributed by atoms with Crippen molar-refractivity contribution in [2.75, 3.05) is 5.75 Å². The van der Waals surface area contributed by atoms with Crippen LogP contribution in [-0.4, -0.2) is 38.2 Å². The Balaban J connectivity index is 2.30. The Bertz CT molecular complexity index is 316. The third-order valence-corrected chi connectivity index (χ3v) is 3.43. The van der Waals surface area contributed by atoms with Crippen LogP contribution in [0, 0.1) is 6.92 Å². The lowest BCUT2D eigenvalue weighted by atomic mass is 10.3. The van der Waals surface area contributed by atoms with Gasteiger partial charge in [-0.15, -0.1) is 10.2 Å². The quantitative estimate of drug-likeness (QED) is 0.732. The average molecular weight is 234 g/mol. The van der Waals surface area contributed by atoms with Crippen LogP contribution in [0.2, 0.25) is 0 Å². The molecule has 0 aliphatic carbocycles. The fourth-order valence-electron chi connectivity index (χ4n) is 0.765. The molecule has 0 bridgehead atoms. The Morgan fingerprint density at radius 2 is 2.36 bits per heavy atom. The molecule has 0 spiro atoms. The molecule has 78 valence electrons. The van der Waals surface area contributed by atoms with Gasteiger partial charge < -0.3 is 10.2 Å². The zero-order valence-electron chi connectivity index (χ0n) is 7.51. The van der Waals surface area contributed by atoms with Crippen molar-refractivity contribution in [3.8, 4) is 0 Å².